The third-order valence-electron chi connectivity index (χ3n) is 4.12. The molecule has 3 rings (SSSR count). The zero-order valence-electron chi connectivity index (χ0n) is 13.0. The predicted octanol–water partition coefficient (Wildman–Crippen LogP) is 1.35. The standard InChI is InChI=1S/C18H21N3O2/c22-17-11-15(13-21(17)16-8-9-16)12-20-18(23)19-10-4-7-14-5-2-1-3-6-14/h1-3,5-6,15-16H,8-13H2,(H2,19,20,23). The molecule has 1 saturated carbocycles. The van der Waals surface area contributed by atoms with Crippen LogP contribution >= 0.6 is 0 Å². The average Bonchev–Trinajstić information content (AvgIpc) is 3.34. The van der Waals surface area contributed by atoms with Crippen LogP contribution in [-0.4, -0.2) is 42.5 Å². The highest BCUT2D eigenvalue weighted by molar-refractivity contribution is 5.79. The Morgan fingerprint density at radius 2 is 2.00 bits per heavy atom. The molecule has 1 aliphatic carbocycles. The Kier molecular flexibility index (Phi) is 4.82. The molecule has 1 aromatic carbocycles. The Morgan fingerprint density at radius 1 is 1.22 bits per heavy atom. The van der Waals surface area contributed by atoms with Gasteiger partial charge in [-0.3, -0.25) is 4.79 Å². The van der Waals surface area contributed by atoms with Crippen LogP contribution in [-0.2, 0) is 4.79 Å². The van der Waals surface area contributed by atoms with Gasteiger partial charge in [0.05, 0.1) is 6.54 Å². The fourth-order valence-corrected chi connectivity index (χ4v) is 2.78. The highest BCUT2D eigenvalue weighted by atomic mass is 16.2. The zero-order chi connectivity index (χ0) is 16.1. The highest BCUT2D eigenvalue weighted by Gasteiger charge is 2.39. The first kappa shape index (κ1) is 15.4. The van der Waals surface area contributed by atoms with E-state index in [9.17, 15) is 9.59 Å². The van der Waals surface area contributed by atoms with Gasteiger partial charge in [-0.1, -0.05) is 30.0 Å². The average molecular weight is 311 g/mol. The molecule has 0 bridgehead atoms. The molecule has 1 aromatic rings. The number of hydrogen-bond donors (Lipinski definition) is 2. The molecule has 2 aliphatic rings. The van der Waals surface area contributed by atoms with Crippen molar-refractivity contribution in [2.24, 2.45) is 5.92 Å². The van der Waals surface area contributed by atoms with E-state index in [-0.39, 0.29) is 17.9 Å². The first-order valence-electron chi connectivity index (χ1n) is 8.07. The monoisotopic (exact) mass is 311 g/mol. The minimum Gasteiger partial charge on any atom is -0.339 e. The molecule has 5 nitrogen and oxygen atoms in total. The number of urea groups is 1. The fourth-order valence-electron chi connectivity index (χ4n) is 2.78. The molecule has 120 valence electrons. The Morgan fingerprint density at radius 3 is 2.74 bits per heavy atom. The second-order valence-corrected chi connectivity index (χ2v) is 6.08. The van der Waals surface area contributed by atoms with E-state index in [4.69, 9.17) is 0 Å². The summed E-state index contributed by atoms with van der Waals surface area (Å²) in [5, 5.41) is 5.54. The van der Waals surface area contributed by atoms with Gasteiger partial charge in [-0.25, -0.2) is 4.79 Å². The molecule has 0 spiro atoms. The SMILES string of the molecule is O=C(NCC#Cc1ccccc1)NCC1CC(=O)N(C2CC2)C1. The van der Waals surface area contributed by atoms with Crippen LogP contribution in [0.1, 0.15) is 24.8 Å². The van der Waals surface area contributed by atoms with Crippen molar-refractivity contribution in [1.29, 1.82) is 0 Å². The number of carbonyl (C=O) groups is 2. The summed E-state index contributed by atoms with van der Waals surface area (Å²) in [6.45, 7) is 1.61. The van der Waals surface area contributed by atoms with Crippen molar-refractivity contribution in [2.75, 3.05) is 19.6 Å². The molecule has 1 heterocycles. The maximum atomic E-state index is 11.8. The molecular weight excluding hydrogens is 290 g/mol. The molecule has 1 aliphatic heterocycles. The molecule has 2 fully saturated rings. The predicted molar refractivity (Wildman–Crippen MR) is 87.6 cm³/mol. The minimum atomic E-state index is -0.232. The fraction of sp³-hybridized carbons (Fsp3) is 0.444. The van der Waals surface area contributed by atoms with Crippen LogP contribution in [0.5, 0.6) is 0 Å². The zero-order valence-corrected chi connectivity index (χ0v) is 13.0. The van der Waals surface area contributed by atoms with E-state index in [0.717, 1.165) is 24.9 Å². The van der Waals surface area contributed by atoms with Gasteiger partial charge >= 0.3 is 6.03 Å². The van der Waals surface area contributed by atoms with Crippen molar-refractivity contribution in [1.82, 2.24) is 15.5 Å². The third-order valence-corrected chi connectivity index (χ3v) is 4.12. The number of rotatable bonds is 4. The van der Waals surface area contributed by atoms with Crippen LogP contribution in [0.25, 0.3) is 0 Å². The highest BCUT2D eigenvalue weighted by Crippen LogP contribution is 2.32. The Labute approximate surface area is 136 Å². The molecule has 0 aromatic heterocycles. The second-order valence-electron chi connectivity index (χ2n) is 6.08. The summed E-state index contributed by atoms with van der Waals surface area (Å²) in [6, 6.07) is 9.88. The normalized spacial score (nSPS) is 19.9. The molecule has 1 atom stereocenters. The van der Waals surface area contributed by atoms with Gasteiger partial charge in [0.2, 0.25) is 5.91 Å². The van der Waals surface area contributed by atoms with Crippen molar-refractivity contribution in [2.45, 2.75) is 25.3 Å². The Bertz CT molecular complexity index is 629. The van der Waals surface area contributed by atoms with Gasteiger partial charge in [-0.2, -0.15) is 0 Å². The summed E-state index contributed by atoms with van der Waals surface area (Å²) < 4.78 is 0. The van der Waals surface area contributed by atoms with Crippen LogP contribution in [0.2, 0.25) is 0 Å². The first-order valence-corrected chi connectivity index (χ1v) is 8.07. The lowest BCUT2D eigenvalue weighted by Gasteiger charge is -2.15. The van der Waals surface area contributed by atoms with Crippen LogP contribution in [0.4, 0.5) is 4.79 Å². The van der Waals surface area contributed by atoms with Crippen LogP contribution in [0.15, 0.2) is 30.3 Å². The second kappa shape index (κ2) is 7.19. The number of carbonyl (C=O) groups excluding carboxylic acids is 2. The first-order chi connectivity index (χ1) is 11.2. The van der Waals surface area contributed by atoms with E-state index in [1.165, 1.54) is 0 Å². The summed E-state index contributed by atoms with van der Waals surface area (Å²) in [5.74, 6) is 6.35. The van der Waals surface area contributed by atoms with Gasteiger partial charge in [0.1, 0.15) is 0 Å². The van der Waals surface area contributed by atoms with E-state index in [1.807, 2.05) is 35.2 Å². The summed E-state index contributed by atoms with van der Waals surface area (Å²) in [6.07, 6.45) is 2.81. The number of hydrogen-bond acceptors (Lipinski definition) is 2. The smallest absolute Gasteiger partial charge is 0.315 e. The number of likely N-dealkylation sites (tertiary alicyclic amines) is 1. The van der Waals surface area contributed by atoms with E-state index >= 15 is 0 Å². The van der Waals surface area contributed by atoms with Crippen LogP contribution < -0.4 is 10.6 Å². The quantitative estimate of drug-likeness (QED) is 0.825. The van der Waals surface area contributed by atoms with Crippen LogP contribution in [0.3, 0.4) is 0 Å². The Hall–Kier alpha value is -2.48. The third kappa shape index (κ3) is 4.49. The summed E-state index contributed by atoms with van der Waals surface area (Å²) in [7, 11) is 0. The molecule has 2 N–H and O–H groups in total. The van der Waals surface area contributed by atoms with Crippen molar-refractivity contribution in [3.8, 4) is 11.8 Å². The molecule has 5 heteroatoms. The van der Waals surface area contributed by atoms with Gasteiger partial charge in [0.25, 0.3) is 0 Å². The van der Waals surface area contributed by atoms with E-state index in [2.05, 4.69) is 22.5 Å². The molecule has 23 heavy (non-hydrogen) atoms. The lowest BCUT2D eigenvalue weighted by Crippen LogP contribution is -2.39. The van der Waals surface area contributed by atoms with Crippen LogP contribution in [0, 0.1) is 17.8 Å². The van der Waals surface area contributed by atoms with Crippen molar-refractivity contribution in [3.05, 3.63) is 35.9 Å². The molecule has 1 unspecified atom stereocenters. The molecule has 0 radical (unpaired) electrons. The van der Waals surface area contributed by atoms with E-state index in [1.54, 1.807) is 0 Å². The summed E-state index contributed by atoms with van der Waals surface area (Å²) in [5.41, 5.74) is 0.930. The number of amides is 3. The van der Waals surface area contributed by atoms with Gasteiger partial charge in [-0.05, 0) is 25.0 Å². The van der Waals surface area contributed by atoms with Gasteiger partial charge in [0, 0.05) is 37.0 Å². The topological polar surface area (TPSA) is 61.4 Å². The minimum absolute atomic E-state index is 0.226. The van der Waals surface area contributed by atoms with Crippen molar-refractivity contribution >= 4 is 11.9 Å². The van der Waals surface area contributed by atoms with E-state index < -0.39 is 0 Å². The van der Waals surface area contributed by atoms with E-state index in [0.29, 0.717) is 25.6 Å². The number of nitrogens with one attached hydrogen (secondary N) is 2. The molecule has 1 saturated heterocycles. The molecule has 3 amide bonds. The maximum Gasteiger partial charge on any atom is 0.315 e. The maximum absolute atomic E-state index is 11.8. The lowest BCUT2D eigenvalue weighted by atomic mass is 10.1. The molecular formula is C18H21N3O2. The lowest BCUT2D eigenvalue weighted by molar-refractivity contribution is -0.128. The largest absolute Gasteiger partial charge is 0.339 e. The summed E-state index contributed by atoms with van der Waals surface area (Å²) in [4.78, 5) is 25.5. The number of nitrogens with zero attached hydrogens (tertiary/aromatic N) is 1. The van der Waals surface area contributed by atoms with Gasteiger partial charge < -0.3 is 15.5 Å². The Balaban J connectivity index is 1.34. The van der Waals surface area contributed by atoms with Crippen molar-refractivity contribution < 1.29 is 9.59 Å². The van der Waals surface area contributed by atoms with Gasteiger partial charge in [0.15, 0.2) is 0 Å². The van der Waals surface area contributed by atoms with Crippen molar-refractivity contribution in [3.63, 3.8) is 0 Å². The number of benzene rings is 1. The van der Waals surface area contributed by atoms with Gasteiger partial charge in [-0.15, -0.1) is 0 Å². The summed E-state index contributed by atoms with van der Waals surface area (Å²) >= 11 is 0.